The molecule has 0 N–H and O–H groups in total. The summed E-state index contributed by atoms with van der Waals surface area (Å²) in [5.74, 6) is 0. The van der Waals surface area contributed by atoms with Crippen LogP contribution in [-0.2, 0) is 13.1 Å². The Kier molecular flexibility index (Phi) is 5.53. The Balaban J connectivity index is 1.77. The van der Waals surface area contributed by atoms with Gasteiger partial charge in [-0.05, 0) is 35.7 Å². The maximum atomic E-state index is 2.48. The number of nitrogens with zero attached hydrogens (tertiary/aromatic N) is 1. The molecule has 0 spiro atoms. The maximum Gasteiger partial charge on any atom is 0.0452 e. The first-order chi connectivity index (χ1) is 13.8. The minimum Gasteiger partial charge on any atom is -0.362 e. The van der Waals surface area contributed by atoms with E-state index < -0.39 is 0 Å². The van der Waals surface area contributed by atoms with Crippen molar-refractivity contribution in [2.24, 2.45) is 0 Å². The van der Waals surface area contributed by atoms with Crippen LogP contribution in [0.15, 0.2) is 109 Å². The van der Waals surface area contributed by atoms with Gasteiger partial charge < -0.3 is 4.90 Å². The number of anilines is 1. The number of hydrogen-bond acceptors (Lipinski definition) is 1. The summed E-state index contributed by atoms with van der Waals surface area (Å²) in [7, 11) is 0. The lowest BCUT2D eigenvalue weighted by atomic mass is 9.99. The first-order valence-electron chi connectivity index (χ1n) is 9.78. The third-order valence-electron chi connectivity index (χ3n) is 5.01. The molecular formula is C27H25N. The van der Waals surface area contributed by atoms with Crippen LogP contribution in [0.2, 0.25) is 0 Å². The molecule has 0 saturated heterocycles. The Morgan fingerprint density at radius 3 is 1.61 bits per heavy atom. The summed E-state index contributed by atoms with van der Waals surface area (Å²) >= 11 is 0. The van der Waals surface area contributed by atoms with E-state index in [0.29, 0.717) is 0 Å². The van der Waals surface area contributed by atoms with E-state index in [1.54, 1.807) is 0 Å². The summed E-state index contributed by atoms with van der Waals surface area (Å²) < 4.78 is 0. The Bertz CT molecular complexity index is 966. The van der Waals surface area contributed by atoms with E-state index in [1.165, 1.54) is 33.5 Å². The molecule has 0 fully saturated rings. The molecule has 0 atom stereocenters. The van der Waals surface area contributed by atoms with Crippen LogP contribution in [0.1, 0.15) is 16.7 Å². The molecule has 1 heteroatoms. The molecule has 4 rings (SSSR count). The SMILES string of the molecule is Cc1ccc(N(Cc2ccccc2)Cc2ccccc2)c(-c2ccccc2)c1. The van der Waals surface area contributed by atoms with E-state index in [1.807, 2.05) is 0 Å². The molecule has 0 aliphatic rings. The van der Waals surface area contributed by atoms with Crippen molar-refractivity contribution in [2.45, 2.75) is 20.0 Å². The highest BCUT2D eigenvalue weighted by molar-refractivity contribution is 5.79. The lowest BCUT2D eigenvalue weighted by Gasteiger charge is -2.28. The van der Waals surface area contributed by atoms with E-state index in [9.17, 15) is 0 Å². The van der Waals surface area contributed by atoms with Gasteiger partial charge in [0.05, 0.1) is 0 Å². The molecule has 0 aliphatic heterocycles. The van der Waals surface area contributed by atoms with Gasteiger partial charge in [0.1, 0.15) is 0 Å². The summed E-state index contributed by atoms with van der Waals surface area (Å²) in [4.78, 5) is 2.48. The second-order valence-electron chi connectivity index (χ2n) is 7.21. The second kappa shape index (κ2) is 8.58. The number of benzene rings is 4. The number of aryl methyl sites for hydroxylation is 1. The highest BCUT2D eigenvalue weighted by Crippen LogP contribution is 2.33. The van der Waals surface area contributed by atoms with Gasteiger partial charge in [0.25, 0.3) is 0 Å². The van der Waals surface area contributed by atoms with Crippen LogP contribution in [0.25, 0.3) is 11.1 Å². The van der Waals surface area contributed by atoms with E-state index in [4.69, 9.17) is 0 Å². The monoisotopic (exact) mass is 363 g/mol. The van der Waals surface area contributed by atoms with Gasteiger partial charge in [-0.25, -0.2) is 0 Å². The highest BCUT2D eigenvalue weighted by Gasteiger charge is 2.14. The van der Waals surface area contributed by atoms with Gasteiger partial charge in [-0.3, -0.25) is 0 Å². The van der Waals surface area contributed by atoms with Crippen LogP contribution in [-0.4, -0.2) is 0 Å². The van der Waals surface area contributed by atoms with Gasteiger partial charge in [0, 0.05) is 24.3 Å². The predicted molar refractivity (Wildman–Crippen MR) is 119 cm³/mol. The third-order valence-corrected chi connectivity index (χ3v) is 5.01. The minimum absolute atomic E-state index is 0.874. The van der Waals surface area contributed by atoms with Gasteiger partial charge in [-0.15, -0.1) is 0 Å². The van der Waals surface area contributed by atoms with Gasteiger partial charge >= 0.3 is 0 Å². The predicted octanol–water partition coefficient (Wildman–Crippen LogP) is 6.87. The third kappa shape index (κ3) is 4.32. The Labute approximate surface area is 167 Å². The van der Waals surface area contributed by atoms with E-state index in [0.717, 1.165) is 13.1 Å². The van der Waals surface area contributed by atoms with Gasteiger partial charge in [0.2, 0.25) is 0 Å². The molecule has 0 radical (unpaired) electrons. The lowest BCUT2D eigenvalue weighted by molar-refractivity contribution is 0.801. The van der Waals surface area contributed by atoms with Crippen LogP contribution >= 0.6 is 0 Å². The van der Waals surface area contributed by atoms with Crippen molar-refractivity contribution in [1.82, 2.24) is 0 Å². The average Bonchev–Trinajstić information content (AvgIpc) is 2.75. The van der Waals surface area contributed by atoms with E-state index >= 15 is 0 Å². The molecule has 1 nitrogen and oxygen atoms in total. The van der Waals surface area contributed by atoms with Crippen molar-refractivity contribution in [2.75, 3.05) is 4.90 Å². The molecule has 4 aromatic carbocycles. The molecule has 0 amide bonds. The van der Waals surface area contributed by atoms with Gasteiger partial charge in [-0.2, -0.15) is 0 Å². The van der Waals surface area contributed by atoms with Crippen molar-refractivity contribution < 1.29 is 0 Å². The van der Waals surface area contributed by atoms with Crippen LogP contribution in [0, 0.1) is 6.92 Å². The minimum atomic E-state index is 0.874. The lowest BCUT2D eigenvalue weighted by Crippen LogP contribution is -2.22. The fraction of sp³-hybridized carbons (Fsp3) is 0.111. The van der Waals surface area contributed by atoms with Crippen LogP contribution in [0.3, 0.4) is 0 Å². The van der Waals surface area contributed by atoms with Crippen molar-refractivity contribution in [3.05, 3.63) is 126 Å². The fourth-order valence-corrected chi connectivity index (χ4v) is 3.61. The molecule has 0 saturated carbocycles. The van der Waals surface area contributed by atoms with Crippen LogP contribution < -0.4 is 4.90 Å². The maximum absolute atomic E-state index is 2.48. The summed E-state index contributed by atoms with van der Waals surface area (Å²) in [5.41, 5.74) is 7.72. The first-order valence-corrected chi connectivity index (χ1v) is 9.78. The molecular weight excluding hydrogens is 338 g/mol. The van der Waals surface area contributed by atoms with Crippen molar-refractivity contribution in [3.63, 3.8) is 0 Å². The zero-order chi connectivity index (χ0) is 19.2. The summed E-state index contributed by atoms with van der Waals surface area (Å²) in [5, 5.41) is 0. The van der Waals surface area contributed by atoms with Crippen molar-refractivity contribution in [1.29, 1.82) is 0 Å². The average molecular weight is 364 g/mol. The van der Waals surface area contributed by atoms with Crippen molar-refractivity contribution >= 4 is 5.69 Å². The van der Waals surface area contributed by atoms with Gasteiger partial charge in [-0.1, -0.05) is 103 Å². The second-order valence-corrected chi connectivity index (χ2v) is 7.21. The normalized spacial score (nSPS) is 10.6. The topological polar surface area (TPSA) is 3.24 Å². The van der Waals surface area contributed by atoms with E-state index in [-0.39, 0.29) is 0 Å². The Morgan fingerprint density at radius 1 is 0.571 bits per heavy atom. The fourth-order valence-electron chi connectivity index (χ4n) is 3.61. The number of rotatable bonds is 6. The van der Waals surface area contributed by atoms with Crippen LogP contribution in [0.5, 0.6) is 0 Å². The molecule has 0 aliphatic carbocycles. The van der Waals surface area contributed by atoms with Gasteiger partial charge in [0.15, 0.2) is 0 Å². The zero-order valence-electron chi connectivity index (χ0n) is 16.3. The molecule has 138 valence electrons. The standard InChI is InChI=1S/C27H25N/c1-22-17-18-27(26(19-22)25-15-9-4-10-16-25)28(20-23-11-5-2-6-12-23)21-24-13-7-3-8-14-24/h2-19H,20-21H2,1H3. The smallest absolute Gasteiger partial charge is 0.0452 e. The summed E-state index contributed by atoms with van der Waals surface area (Å²) in [6.45, 7) is 3.91. The number of hydrogen-bond donors (Lipinski definition) is 0. The summed E-state index contributed by atoms with van der Waals surface area (Å²) in [6, 6.07) is 38.9. The highest BCUT2D eigenvalue weighted by atomic mass is 15.1. The zero-order valence-corrected chi connectivity index (χ0v) is 16.3. The first kappa shape index (κ1) is 18.1. The van der Waals surface area contributed by atoms with Crippen LogP contribution in [0.4, 0.5) is 5.69 Å². The Hall–Kier alpha value is -3.32. The Morgan fingerprint density at radius 2 is 1.07 bits per heavy atom. The van der Waals surface area contributed by atoms with E-state index in [2.05, 4.69) is 121 Å². The molecule has 0 bridgehead atoms. The quantitative estimate of drug-likeness (QED) is 0.361. The summed E-state index contributed by atoms with van der Waals surface area (Å²) in [6.07, 6.45) is 0. The molecule has 0 heterocycles. The molecule has 4 aromatic rings. The molecule has 28 heavy (non-hydrogen) atoms. The largest absolute Gasteiger partial charge is 0.362 e. The van der Waals surface area contributed by atoms with Crippen molar-refractivity contribution in [3.8, 4) is 11.1 Å². The molecule has 0 aromatic heterocycles. The molecule has 0 unspecified atom stereocenters.